The van der Waals surface area contributed by atoms with Crippen LogP contribution in [0.3, 0.4) is 0 Å². The van der Waals surface area contributed by atoms with E-state index in [0.717, 1.165) is 29.8 Å². The van der Waals surface area contributed by atoms with Gasteiger partial charge in [0.15, 0.2) is 17.6 Å². The zero-order chi connectivity index (χ0) is 29.0. The minimum Gasteiger partial charge on any atom is -0.508 e. The minimum atomic E-state index is -1.38. The molecule has 3 aliphatic carbocycles. The number of nitrogens with one attached hydrogen (secondary N) is 1. The molecule has 2 fully saturated rings. The molecule has 10 heteroatoms. The van der Waals surface area contributed by atoms with Crippen molar-refractivity contribution in [3.63, 3.8) is 0 Å². The Morgan fingerprint density at radius 1 is 1.17 bits per heavy atom. The number of piperidine rings is 1. The van der Waals surface area contributed by atoms with Gasteiger partial charge in [-0.05, 0) is 63.6 Å². The molecule has 3 heterocycles. The molecule has 2 bridgehead atoms. The van der Waals surface area contributed by atoms with Crippen molar-refractivity contribution in [2.75, 3.05) is 13.1 Å². The molecule has 4 N–H and O–H groups in total. The fraction of sp³-hybridized carbons (Fsp3) is 0.469. The highest BCUT2D eigenvalue weighted by Gasteiger charge is 2.73. The first-order valence-corrected chi connectivity index (χ1v) is 14.7. The Hall–Kier alpha value is -3.89. The van der Waals surface area contributed by atoms with Gasteiger partial charge in [0.1, 0.15) is 11.3 Å². The number of aromatic nitrogens is 2. The molecular weight excluding hydrogens is 536 g/mol. The van der Waals surface area contributed by atoms with Crippen LogP contribution in [0.2, 0.25) is 0 Å². The second-order valence-electron chi connectivity index (χ2n) is 13.2. The zero-order valence-corrected chi connectivity index (χ0v) is 23.6. The summed E-state index contributed by atoms with van der Waals surface area (Å²) in [6, 6.07) is 12.7. The van der Waals surface area contributed by atoms with Crippen molar-refractivity contribution in [2.24, 2.45) is 5.92 Å². The first-order chi connectivity index (χ1) is 20.1. The summed E-state index contributed by atoms with van der Waals surface area (Å²) in [6.07, 6.45) is 2.49. The molecule has 5 aliphatic rings. The van der Waals surface area contributed by atoms with Crippen molar-refractivity contribution in [3.05, 3.63) is 70.8 Å². The fourth-order valence-corrected chi connectivity index (χ4v) is 7.96. The molecule has 218 valence electrons. The number of hydrogen-bond donors (Lipinski definition) is 4. The van der Waals surface area contributed by atoms with Crippen LogP contribution < -0.4 is 10.1 Å². The molecule has 4 atom stereocenters. The summed E-state index contributed by atoms with van der Waals surface area (Å²) in [5.41, 5.74) is -0.757. The number of phenols is 1. The van der Waals surface area contributed by atoms with Crippen molar-refractivity contribution in [3.8, 4) is 22.9 Å². The summed E-state index contributed by atoms with van der Waals surface area (Å²) in [5, 5.41) is 42.4. The van der Waals surface area contributed by atoms with Crippen LogP contribution >= 0.6 is 0 Å². The maximum atomic E-state index is 14.0. The SMILES string of the molecule is CC(C)(NC(=O)C1=C(O)C2Oc3c(O)ccc4c3[C@@]23CCN(CC2CC2)[C@H](C4)[C@]3(O)C1)c1nc(-c2ccccc2)no1. The molecule has 0 radical (unpaired) electrons. The lowest BCUT2D eigenvalue weighted by molar-refractivity contribution is -0.172. The van der Waals surface area contributed by atoms with Crippen molar-refractivity contribution in [2.45, 2.75) is 74.7 Å². The number of aliphatic hydroxyl groups excluding tert-OH is 1. The van der Waals surface area contributed by atoms with Crippen molar-refractivity contribution >= 4 is 5.91 Å². The third-order valence-electron chi connectivity index (χ3n) is 10.2. The lowest BCUT2D eigenvalue weighted by Crippen LogP contribution is -2.76. The van der Waals surface area contributed by atoms with E-state index in [1.807, 2.05) is 36.4 Å². The Bertz CT molecular complexity index is 1650. The molecule has 10 nitrogen and oxygen atoms in total. The topological polar surface area (TPSA) is 141 Å². The molecule has 8 rings (SSSR count). The molecule has 3 aromatic rings. The van der Waals surface area contributed by atoms with E-state index in [2.05, 4.69) is 20.4 Å². The highest BCUT2D eigenvalue weighted by molar-refractivity contribution is 5.95. The first kappa shape index (κ1) is 25.8. The Morgan fingerprint density at radius 2 is 1.95 bits per heavy atom. The Balaban J connectivity index is 1.17. The van der Waals surface area contributed by atoms with E-state index in [0.29, 0.717) is 30.3 Å². The van der Waals surface area contributed by atoms with E-state index >= 15 is 0 Å². The van der Waals surface area contributed by atoms with E-state index in [1.54, 1.807) is 19.9 Å². The molecule has 42 heavy (non-hydrogen) atoms. The standard InChI is InChI=1S/C32H34N4O6/c1-30(2,29-33-27(35-42-29)18-6-4-3-5-7-18)34-28(39)20-15-32(40)22-14-19-10-11-21(37)25-23(19)31(32,26(41-25)24(20)38)12-13-36(22)16-17-8-9-17/h3-7,10-11,17,22,26,37-38,40H,8-9,12-16H2,1-2H3,(H,34,39)/t22-,26?,31+,32-/m1/s1. The molecule has 1 saturated heterocycles. The maximum Gasteiger partial charge on any atom is 0.252 e. The smallest absolute Gasteiger partial charge is 0.252 e. The van der Waals surface area contributed by atoms with Gasteiger partial charge in [0, 0.05) is 30.1 Å². The number of nitrogens with zero attached hydrogens (tertiary/aromatic N) is 3. The van der Waals surface area contributed by atoms with Gasteiger partial charge in [0.2, 0.25) is 5.82 Å². The monoisotopic (exact) mass is 570 g/mol. The summed E-state index contributed by atoms with van der Waals surface area (Å²) >= 11 is 0. The number of carbonyl (C=O) groups excluding carboxylic acids is 1. The number of ether oxygens (including phenoxy) is 1. The van der Waals surface area contributed by atoms with Gasteiger partial charge in [-0.1, -0.05) is 41.6 Å². The molecule has 2 aliphatic heterocycles. The highest BCUT2D eigenvalue weighted by Crippen LogP contribution is 2.66. The molecule has 1 spiro atoms. The van der Waals surface area contributed by atoms with E-state index in [-0.39, 0.29) is 35.4 Å². The van der Waals surface area contributed by atoms with Crippen LogP contribution in [-0.4, -0.2) is 67.1 Å². The Labute approximate surface area is 243 Å². The van der Waals surface area contributed by atoms with Gasteiger partial charge in [-0.25, -0.2) is 0 Å². The Kier molecular flexibility index (Phi) is 5.27. The highest BCUT2D eigenvalue weighted by atomic mass is 16.5. The summed E-state index contributed by atoms with van der Waals surface area (Å²) in [7, 11) is 0. The van der Waals surface area contributed by atoms with E-state index in [9.17, 15) is 20.1 Å². The summed E-state index contributed by atoms with van der Waals surface area (Å²) in [5.74, 6) is 0.777. The number of phenolic OH excluding ortho intramolecular Hbond substituents is 1. The second kappa shape index (κ2) is 8.58. The van der Waals surface area contributed by atoms with Crippen LogP contribution in [0.5, 0.6) is 11.5 Å². The van der Waals surface area contributed by atoms with Gasteiger partial charge in [0.25, 0.3) is 11.8 Å². The normalized spacial score (nSPS) is 29.7. The van der Waals surface area contributed by atoms with Crippen LogP contribution in [-0.2, 0) is 22.2 Å². The molecule has 2 aromatic carbocycles. The van der Waals surface area contributed by atoms with Crippen LogP contribution in [0.4, 0.5) is 0 Å². The average Bonchev–Trinajstić information content (AvgIpc) is 3.48. The molecular formula is C32H34N4O6. The van der Waals surface area contributed by atoms with Crippen molar-refractivity contribution in [1.29, 1.82) is 0 Å². The third kappa shape index (κ3) is 3.42. The van der Waals surface area contributed by atoms with Gasteiger partial charge < -0.3 is 29.9 Å². The Morgan fingerprint density at radius 3 is 2.71 bits per heavy atom. The summed E-state index contributed by atoms with van der Waals surface area (Å²) in [4.78, 5) is 20.9. The second-order valence-corrected chi connectivity index (χ2v) is 13.2. The lowest BCUT2D eigenvalue weighted by Gasteiger charge is -2.62. The summed E-state index contributed by atoms with van der Waals surface area (Å²) in [6.45, 7) is 5.16. The number of hydrogen-bond acceptors (Lipinski definition) is 9. The lowest BCUT2D eigenvalue weighted by atomic mass is 9.49. The van der Waals surface area contributed by atoms with Crippen LogP contribution in [0.15, 0.2) is 58.3 Å². The van der Waals surface area contributed by atoms with E-state index in [1.165, 1.54) is 12.8 Å². The van der Waals surface area contributed by atoms with Crippen molar-refractivity contribution < 1.29 is 29.4 Å². The first-order valence-electron chi connectivity index (χ1n) is 14.7. The van der Waals surface area contributed by atoms with Crippen molar-refractivity contribution in [1.82, 2.24) is 20.4 Å². The van der Waals surface area contributed by atoms with E-state index in [4.69, 9.17) is 9.26 Å². The fourth-order valence-electron chi connectivity index (χ4n) is 7.96. The number of amides is 1. The van der Waals surface area contributed by atoms with Gasteiger partial charge in [-0.15, -0.1) is 0 Å². The largest absolute Gasteiger partial charge is 0.508 e. The predicted octanol–water partition coefficient (Wildman–Crippen LogP) is 3.48. The molecule has 1 aromatic heterocycles. The number of likely N-dealkylation sites (tertiary alicyclic amines) is 1. The number of benzene rings is 2. The van der Waals surface area contributed by atoms with Crippen LogP contribution in [0.25, 0.3) is 11.4 Å². The molecule has 1 saturated carbocycles. The number of rotatable bonds is 6. The number of carbonyl (C=O) groups is 1. The quantitative estimate of drug-likeness (QED) is 0.351. The van der Waals surface area contributed by atoms with Gasteiger partial charge in [-0.2, -0.15) is 4.98 Å². The van der Waals surface area contributed by atoms with Gasteiger partial charge in [-0.3, -0.25) is 9.69 Å². The molecule has 1 unspecified atom stereocenters. The van der Waals surface area contributed by atoms with E-state index < -0.39 is 28.6 Å². The van der Waals surface area contributed by atoms with Gasteiger partial charge >= 0.3 is 0 Å². The predicted molar refractivity (Wildman–Crippen MR) is 151 cm³/mol. The molecule has 1 amide bonds. The number of aliphatic hydroxyl groups is 2. The third-order valence-corrected chi connectivity index (χ3v) is 10.2. The minimum absolute atomic E-state index is 0.0238. The zero-order valence-electron chi connectivity index (χ0n) is 23.6. The maximum absolute atomic E-state index is 14.0. The van der Waals surface area contributed by atoms with Crippen LogP contribution in [0.1, 0.15) is 56.5 Å². The average molecular weight is 571 g/mol. The van der Waals surface area contributed by atoms with Crippen LogP contribution in [0, 0.1) is 5.92 Å². The number of aromatic hydroxyl groups is 1. The van der Waals surface area contributed by atoms with Gasteiger partial charge in [0.05, 0.1) is 16.6 Å². The summed E-state index contributed by atoms with van der Waals surface area (Å²) < 4.78 is 11.9.